The molecule has 2 heterocycles. The molecule has 0 bridgehead atoms. The summed E-state index contributed by atoms with van der Waals surface area (Å²) in [5.41, 5.74) is 2.25. The van der Waals surface area contributed by atoms with Gasteiger partial charge in [0.1, 0.15) is 0 Å². The minimum Gasteiger partial charge on any atom is -0.342 e. The predicted molar refractivity (Wildman–Crippen MR) is 94.3 cm³/mol. The summed E-state index contributed by atoms with van der Waals surface area (Å²) < 4.78 is 0. The van der Waals surface area contributed by atoms with Gasteiger partial charge in [-0.05, 0) is 30.7 Å². The molecule has 2 aliphatic heterocycles. The summed E-state index contributed by atoms with van der Waals surface area (Å²) in [5.74, 6) is 1.02. The molecule has 0 saturated carbocycles. The fourth-order valence-electron chi connectivity index (χ4n) is 4.39. The van der Waals surface area contributed by atoms with E-state index in [0.717, 1.165) is 18.7 Å². The average Bonchev–Trinajstić information content (AvgIpc) is 2.82. The van der Waals surface area contributed by atoms with Crippen LogP contribution in [0.4, 0.5) is 0 Å². The van der Waals surface area contributed by atoms with Gasteiger partial charge in [-0.1, -0.05) is 43.7 Å². The third kappa shape index (κ3) is 3.19. The molecule has 2 saturated heterocycles. The highest BCUT2D eigenvalue weighted by atomic mass is 16.2. The second-order valence-corrected chi connectivity index (χ2v) is 7.86. The van der Waals surface area contributed by atoms with Crippen LogP contribution in [0, 0.1) is 24.7 Å². The second-order valence-electron chi connectivity index (χ2n) is 7.86. The van der Waals surface area contributed by atoms with Gasteiger partial charge in [0.25, 0.3) is 0 Å². The van der Waals surface area contributed by atoms with Crippen molar-refractivity contribution < 1.29 is 9.59 Å². The van der Waals surface area contributed by atoms with Crippen LogP contribution in [0.15, 0.2) is 24.3 Å². The molecule has 2 amide bonds. The van der Waals surface area contributed by atoms with Gasteiger partial charge in [0.15, 0.2) is 0 Å². The van der Waals surface area contributed by atoms with Crippen LogP contribution >= 0.6 is 0 Å². The maximum atomic E-state index is 13.2. The third-order valence-corrected chi connectivity index (χ3v) is 5.50. The molecule has 1 aromatic carbocycles. The molecule has 1 aromatic rings. The lowest BCUT2D eigenvalue weighted by molar-refractivity contribution is -0.139. The maximum Gasteiger partial charge on any atom is 0.228 e. The maximum absolute atomic E-state index is 13.2. The zero-order valence-corrected chi connectivity index (χ0v) is 15.2. The number of likely N-dealkylation sites (tertiary alicyclic amines) is 2. The minimum absolute atomic E-state index is 0.0667. The number of piperidine rings is 1. The van der Waals surface area contributed by atoms with Crippen LogP contribution in [0.3, 0.4) is 0 Å². The van der Waals surface area contributed by atoms with E-state index < -0.39 is 0 Å². The first kappa shape index (κ1) is 17.0. The first-order valence-electron chi connectivity index (χ1n) is 8.97. The summed E-state index contributed by atoms with van der Waals surface area (Å²) in [6, 6.07) is 8.07. The van der Waals surface area contributed by atoms with E-state index in [9.17, 15) is 9.59 Å². The van der Waals surface area contributed by atoms with Crippen molar-refractivity contribution in [2.24, 2.45) is 17.8 Å². The molecule has 24 heavy (non-hydrogen) atoms. The van der Waals surface area contributed by atoms with Crippen molar-refractivity contribution >= 4 is 11.8 Å². The summed E-state index contributed by atoms with van der Waals surface area (Å²) in [7, 11) is 1.82. The molecule has 3 rings (SSSR count). The van der Waals surface area contributed by atoms with Gasteiger partial charge in [-0.2, -0.15) is 0 Å². The Bertz CT molecular complexity index is 615. The Balaban J connectivity index is 1.85. The van der Waals surface area contributed by atoms with Gasteiger partial charge < -0.3 is 9.80 Å². The highest BCUT2D eigenvalue weighted by molar-refractivity contribution is 5.90. The van der Waals surface area contributed by atoms with E-state index in [1.165, 1.54) is 12.0 Å². The molecule has 2 fully saturated rings. The zero-order valence-electron chi connectivity index (χ0n) is 15.2. The standard InChI is InChI=1S/C20H28N2O2/c1-13-5-7-16(8-6-13)19-17(10-18(23)21(19)4)20(24)22-11-14(2)9-15(3)12-22/h5-8,14-15,17,19H,9-12H2,1-4H3/t14-,15-,17+,19+/m0/s1. The molecule has 130 valence electrons. The van der Waals surface area contributed by atoms with Gasteiger partial charge in [-0.25, -0.2) is 0 Å². The highest BCUT2D eigenvalue weighted by Crippen LogP contribution is 2.39. The first-order chi connectivity index (χ1) is 11.4. The Kier molecular flexibility index (Phi) is 4.66. The van der Waals surface area contributed by atoms with Crippen molar-refractivity contribution in [2.45, 2.75) is 39.7 Å². The molecular weight excluding hydrogens is 300 g/mol. The van der Waals surface area contributed by atoms with Crippen LogP contribution in [0.1, 0.15) is 43.9 Å². The number of hydrogen-bond acceptors (Lipinski definition) is 2. The van der Waals surface area contributed by atoms with Crippen molar-refractivity contribution in [3.05, 3.63) is 35.4 Å². The Morgan fingerprint density at radius 3 is 2.25 bits per heavy atom. The number of amides is 2. The molecule has 0 aromatic heterocycles. The summed E-state index contributed by atoms with van der Waals surface area (Å²) in [5, 5.41) is 0. The Morgan fingerprint density at radius 2 is 1.67 bits per heavy atom. The number of nitrogens with zero attached hydrogens (tertiary/aromatic N) is 2. The van der Waals surface area contributed by atoms with Gasteiger partial charge in [0.05, 0.1) is 12.0 Å². The fraction of sp³-hybridized carbons (Fsp3) is 0.600. The summed E-state index contributed by atoms with van der Waals surface area (Å²) in [6.07, 6.45) is 1.50. The summed E-state index contributed by atoms with van der Waals surface area (Å²) in [4.78, 5) is 29.2. The van der Waals surface area contributed by atoms with Gasteiger partial charge in [0.2, 0.25) is 11.8 Å². The van der Waals surface area contributed by atoms with Crippen molar-refractivity contribution in [3.8, 4) is 0 Å². The largest absolute Gasteiger partial charge is 0.342 e. The zero-order chi connectivity index (χ0) is 17.4. The van der Waals surface area contributed by atoms with Crippen LogP contribution in [-0.2, 0) is 9.59 Å². The quantitative estimate of drug-likeness (QED) is 0.837. The molecule has 4 nitrogen and oxygen atoms in total. The number of rotatable bonds is 2. The van der Waals surface area contributed by atoms with Crippen molar-refractivity contribution in [2.75, 3.05) is 20.1 Å². The second kappa shape index (κ2) is 6.58. The van der Waals surface area contributed by atoms with E-state index >= 15 is 0 Å². The highest BCUT2D eigenvalue weighted by Gasteiger charge is 2.44. The summed E-state index contributed by atoms with van der Waals surface area (Å²) in [6.45, 7) is 8.10. The average molecular weight is 328 g/mol. The summed E-state index contributed by atoms with van der Waals surface area (Å²) >= 11 is 0. The lowest BCUT2D eigenvalue weighted by atomic mass is 9.88. The van der Waals surface area contributed by atoms with Crippen molar-refractivity contribution in [1.82, 2.24) is 9.80 Å². The molecule has 0 N–H and O–H groups in total. The van der Waals surface area contributed by atoms with Crippen molar-refractivity contribution in [3.63, 3.8) is 0 Å². The van der Waals surface area contributed by atoms with Gasteiger partial charge in [0, 0.05) is 26.6 Å². The van der Waals surface area contributed by atoms with Crippen LogP contribution in [-0.4, -0.2) is 41.8 Å². The number of carbonyl (C=O) groups excluding carboxylic acids is 2. The molecular formula is C20H28N2O2. The fourth-order valence-corrected chi connectivity index (χ4v) is 4.39. The molecule has 0 radical (unpaired) electrons. The minimum atomic E-state index is -0.261. The van der Waals surface area contributed by atoms with Crippen LogP contribution in [0.25, 0.3) is 0 Å². The lowest BCUT2D eigenvalue weighted by Gasteiger charge is -2.37. The van der Waals surface area contributed by atoms with Crippen LogP contribution < -0.4 is 0 Å². The van der Waals surface area contributed by atoms with Crippen LogP contribution in [0.2, 0.25) is 0 Å². The lowest BCUT2D eigenvalue weighted by Crippen LogP contribution is -2.46. The topological polar surface area (TPSA) is 40.6 Å². The Labute approximate surface area is 144 Å². The van der Waals surface area contributed by atoms with Gasteiger partial charge in [-0.3, -0.25) is 9.59 Å². The number of carbonyl (C=O) groups is 2. The Morgan fingerprint density at radius 1 is 1.08 bits per heavy atom. The molecule has 2 aliphatic rings. The molecule has 0 spiro atoms. The SMILES string of the molecule is Cc1ccc([C@@H]2[C@H](C(=O)N3C[C@@H](C)C[C@H](C)C3)CC(=O)N2C)cc1. The molecule has 0 aliphatic carbocycles. The Hall–Kier alpha value is -1.84. The van der Waals surface area contributed by atoms with Crippen molar-refractivity contribution in [1.29, 1.82) is 0 Å². The molecule has 4 heteroatoms. The van der Waals surface area contributed by atoms with Gasteiger partial charge in [-0.15, -0.1) is 0 Å². The normalized spacial score (nSPS) is 30.8. The first-order valence-corrected chi connectivity index (χ1v) is 8.97. The van der Waals surface area contributed by atoms with E-state index in [1.807, 2.05) is 18.9 Å². The van der Waals surface area contributed by atoms with E-state index in [1.54, 1.807) is 4.90 Å². The van der Waals surface area contributed by atoms with E-state index in [-0.39, 0.29) is 23.8 Å². The van der Waals surface area contributed by atoms with Gasteiger partial charge >= 0.3 is 0 Å². The number of hydrogen-bond donors (Lipinski definition) is 0. The molecule has 4 atom stereocenters. The third-order valence-electron chi connectivity index (χ3n) is 5.50. The smallest absolute Gasteiger partial charge is 0.228 e. The number of benzene rings is 1. The van der Waals surface area contributed by atoms with E-state index in [4.69, 9.17) is 0 Å². The monoisotopic (exact) mass is 328 g/mol. The predicted octanol–water partition coefficient (Wildman–Crippen LogP) is 3.02. The van der Waals surface area contributed by atoms with Crippen LogP contribution in [0.5, 0.6) is 0 Å². The molecule has 0 unspecified atom stereocenters. The number of aryl methyl sites for hydroxylation is 1. The van der Waals surface area contributed by atoms with E-state index in [2.05, 4.69) is 38.1 Å². The van der Waals surface area contributed by atoms with E-state index in [0.29, 0.717) is 18.3 Å².